The Labute approximate surface area is 157 Å². The second-order valence-corrected chi connectivity index (χ2v) is 6.80. The lowest BCUT2D eigenvalue weighted by molar-refractivity contribution is -0.155. The highest BCUT2D eigenvalue weighted by Crippen LogP contribution is 2.22. The Morgan fingerprint density at radius 2 is 1.93 bits per heavy atom. The number of amides is 1. The number of esters is 2. The Balaban J connectivity index is 1.67. The van der Waals surface area contributed by atoms with E-state index in [9.17, 15) is 14.4 Å². The van der Waals surface area contributed by atoms with Gasteiger partial charge in [0.15, 0.2) is 6.10 Å². The van der Waals surface area contributed by atoms with E-state index < -0.39 is 18.0 Å². The summed E-state index contributed by atoms with van der Waals surface area (Å²) < 4.78 is 11.7. The molecule has 1 aromatic heterocycles. The molecular formula is C20H24N2O5. The monoisotopic (exact) mass is 372 g/mol. The summed E-state index contributed by atoms with van der Waals surface area (Å²) in [5.41, 5.74) is 1.10. The van der Waals surface area contributed by atoms with Gasteiger partial charge in [-0.2, -0.15) is 0 Å². The number of carbonyl (C=O) groups is 3. The van der Waals surface area contributed by atoms with Crippen LogP contribution in [0.3, 0.4) is 0 Å². The maximum absolute atomic E-state index is 12.3. The van der Waals surface area contributed by atoms with Crippen LogP contribution in [-0.2, 0) is 25.6 Å². The van der Waals surface area contributed by atoms with Crippen molar-refractivity contribution in [1.82, 2.24) is 9.88 Å². The minimum Gasteiger partial charge on any atom is -0.465 e. The van der Waals surface area contributed by atoms with Gasteiger partial charge in [0.25, 0.3) is 5.91 Å². The van der Waals surface area contributed by atoms with Crippen molar-refractivity contribution in [3.8, 4) is 0 Å². The molecule has 1 unspecified atom stereocenters. The lowest BCUT2D eigenvalue weighted by Crippen LogP contribution is -2.41. The number of aromatic nitrogens is 1. The van der Waals surface area contributed by atoms with Crippen LogP contribution in [-0.4, -0.2) is 41.7 Å². The standard InChI is InChI=1S/C20H24N2O5/c1-13(19(24)21-14-7-3-4-8-14)27-18(23)12-22-11-16(20(25)26-2)15-9-5-6-10-17(15)22/h5-6,9-11,13-14H,3-4,7-8,12H2,1-2H3,(H,21,24). The molecule has 27 heavy (non-hydrogen) atoms. The molecule has 1 aliphatic rings. The van der Waals surface area contributed by atoms with E-state index in [2.05, 4.69) is 5.32 Å². The van der Waals surface area contributed by atoms with Crippen LogP contribution >= 0.6 is 0 Å². The largest absolute Gasteiger partial charge is 0.465 e. The number of para-hydroxylation sites is 1. The Morgan fingerprint density at radius 3 is 2.63 bits per heavy atom. The molecule has 1 saturated carbocycles. The average molecular weight is 372 g/mol. The summed E-state index contributed by atoms with van der Waals surface area (Å²) in [5.74, 6) is -1.29. The molecule has 1 aromatic carbocycles. The highest BCUT2D eigenvalue weighted by Gasteiger charge is 2.24. The number of ether oxygens (including phenoxy) is 2. The van der Waals surface area contributed by atoms with Crippen molar-refractivity contribution in [1.29, 1.82) is 0 Å². The molecule has 7 nitrogen and oxygen atoms in total. The maximum atomic E-state index is 12.3. The SMILES string of the molecule is COC(=O)c1cn(CC(=O)OC(C)C(=O)NC2CCCC2)c2ccccc12. The number of nitrogens with one attached hydrogen (secondary N) is 1. The zero-order chi connectivity index (χ0) is 19.4. The van der Waals surface area contributed by atoms with Crippen LogP contribution in [0.4, 0.5) is 0 Å². The van der Waals surface area contributed by atoms with E-state index in [1.54, 1.807) is 23.8 Å². The second kappa shape index (κ2) is 8.24. The Morgan fingerprint density at radius 1 is 1.22 bits per heavy atom. The lowest BCUT2D eigenvalue weighted by Gasteiger charge is -2.17. The van der Waals surface area contributed by atoms with Crippen molar-refractivity contribution in [2.24, 2.45) is 0 Å². The molecule has 1 amide bonds. The maximum Gasteiger partial charge on any atom is 0.340 e. The molecule has 1 atom stereocenters. The molecule has 0 aliphatic heterocycles. The van der Waals surface area contributed by atoms with Gasteiger partial charge >= 0.3 is 11.9 Å². The zero-order valence-electron chi connectivity index (χ0n) is 15.6. The normalized spacial score (nSPS) is 15.5. The number of nitrogens with zero attached hydrogens (tertiary/aromatic N) is 1. The fourth-order valence-electron chi connectivity index (χ4n) is 3.47. The van der Waals surface area contributed by atoms with E-state index in [1.807, 2.05) is 18.2 Å². The van der Waals surface area contributed by atoms with Gasteiger partial charge < -0.3 is 19.4 Å². The Kier molecular flexibility index (Phi) is 5.78. The molecule has 1 aliphatic carbocycles. The molecule has 2 aromatic rings. The van der Waals surface area contributed by atoms with E-state index in [1.165, 1.54) is 7.11 Å². The number of carbonyl (C=O) groups excluding carboxylic acids is 3. The second-order valence-electron chi connectivity index (χ2n) is 6.80. The highest BCUT2D eigenvalue weighted by molar-refractivity contribution is 6.04. The first kappa shape index (κ1) is 18.9. The van der Waals surface area contributed by atoms with E-state index in [0.717, 1.165) is 31.2 Å². The smallest absolute Gasteiger partial charge is 0.340 e. The topological polar surface area (TPSA) is 86.6 Å². The molecule has 144 valence electrons. The van der Waals surface area contributed by atoms with E-state index in [-0.39, 0.29) is 18.5 Å². The lowest BCUT2D eigenvalue weighted by atomic mass is 10.2. The van der Waals surface area contributed by atoms with Gasteiger partial charge in [-0.05, 0) is 25.8 Å². The Hall–Kier alpha value is -2.83. The molecule has 1 heterocycles. The third kappa shape index (κ3) is 4.30. The molecular weight excluding hydrogens is 348 g/mol. The van der Waals surface area contributed by atoms with Crippen LogP contribution in [0.15, 0.2) is 30.5 Å². The first-order chi connectivity index (χ1) is 13.0. The van der Waals surface area contributed by atoms with Gasteiger partial charge in [-0.1, -0.05) is 31.0 Å². The third-order valence-corrected chi connectivity index (χ3v) is 4.87. The summed E-state index contributed by atoms with van der Waals surface area (Å²) in [5, 5.41) is 3.62. The van der Waals surface area contributed by atoms with E-state index >= 15 is 0 Å². The molecule has 0 radical (unpaired) electrons. The molecule has 0 bridgehead atoms. The molecule has 1 fully saturated rings. The predicted octanol–water partition coefficient (Wildman–Crippen LogP) is 2.42. The van der Waals surface area contributed by atoms with Gasteiger partial charge in [-0.25, -0.2) is 4.79 Å². The van der Waals surface area contributed by atoms with Gasteiger partial charge in [0.1, 0.15) is 6.54 Å². The van der Waals surface area contributed by atoms with Crippen molar-refractivity contribution >= 4 is 28.7 Å². The van der Waals surface area contributed by atoms with Crippen LogP contribution in [0, 0.1) is 0 Å². The van der Waals surface area contributed by atoms with E-state index in [4.69, 9.17) is 9.47 Å². The quantitative estimate of drug-likeness (QED) is 0.787. The highest BCUT2D eigenvalue weighted by atomic mass is 16.5. The summed E-state index contributed by atoms with van der Waals surface area (Å²) in [4.78, 5) is 36.4. The first-order valence-corrected chi connectivity index (χ1v) is 9.15. The summed E-state index contributed by atoms with van der Waals surface area (Å²) in [7, 11) is 1.31. The van der Waals surface area contributed by atoms with Crippen molar-refractivity contribution < 1.29 is 23.9 Å². The van der Waals surface area contributed by atoms with Gasteiger partial charge in [-0.3, -0.25) is 9.59 Å². The number of benzene rings is 1. The van der Waals surface area contributed by atoms with Crippen LogP contribution < -0.4 is 5.32 Å². The van der Waals surface area contributed by atoms with Gasteiger partial charge in [-0.15, -0.1) is 0 Å². The summed E-state index contributed by atoms with van der Waals surface area (Å²) >= 11 is 0. The summed E-state index contributed by atoms with van der Waals surface area (Å²) in [6.07, 6.45) is 4.88. The first-order valence-electron chi connectivity index (χ1n) is 9.15. The predicted molar refractivity (Wildman–Crippen MR) is 99.2 cm³/mol. The molecule has 0 saturated heterocycles. The minimum atomic E-state index is -0.861. The van der Waals surface area contributed by atoms with E-state index in [0.29, 0.717) is 10.9 Å². The van der Waals surface area contributed by atoms with Crippen LogP contribution in [0.25, 0.3) is 10.9 Å². The van der Waals surface area contributed by atoms with Crippen LogP contribution in [0.2, 0.25) is 0 Å². The summed E-state index contributed by atoms with van der Waals surface area (Å²) in [6.45, 7) is 1.47. The number of fused-ring (bicyclic) bond motifs is 1. The van der Waals surface area contributed by atoms with Crippen LogP contribution in [0.5, 0.6) is 0 Å². The van der Waals surface area contributed by atoms with Gasteiger partial charge in [0.2, 0.25) is 0 Å². The van der Waals surface area contributed by atoms with Crippen LogP contribution in [0.1, 0.15) is 43.0 Å². The van der Waals surface area contributed by atoms with Crippen molar-refractivity contribution in [2.45, 2.75) is 51.3 Å². The van der Waals surface area contributed by atoms with Crippen molar-refractivity contribution in [3.63, 3.8) is 0 Å². The number of rotatable bonds is 6. The average Bonchev–Trinajstić information content (AvgIpc) is 3.29. The van der Waals surface area contributed by atoms with Gasteiger partial charge in [0, 0.05) is 23.1 Å². The van der Waals surface area contributed by atoms with Crippen molar-refractivity contribution in [3.05, 3.63) is 36.0 Å². The number of hydrogen-bond acceptors (Lipinski definition) is 5. The number of hydrogen-bond donors (Lipinski definition) is 1. The molecule has 1 N–H and O–H groups in total. The zero-order valence-corrected chi connectivity index (χ0v) is 15.6. The minimum absolute atomic E-state index is 0.0987. The Bertz CT molecular complexity index is 851. The summed E-state index contributed by atoms with van der Waals surface area (Å²) in [6, 6.07) is 7.41. The van der Waals surface area contributed by atoms with Crippen molar-refractivity contribution in [2.75, 3.05) is 7.11 Å². The molecule has 0 spiro atoms. The molecule has 3 rings (SSSR count). The third-order valence-electron chi connectivity index (χ3n) is 4.87. The van der Waals surface area contributed by atoms with Gasteiger partial charge in [0.05, 0.1) is 12.7 Å². The number of methoxy groups -OCH3 is 1. The fraction of sp³-hybridized carbons (Fsp3) is 0.450. The fourth-order valence-corrected chi connectivity index (χ4v) is 3.47. The molecule has 7 heteroatoms.